The van der Waals surface area contributed by atoms with E-state index in [2.05, 4.69) is 0 Å². The molecular formula is C16H21NO6S4. The van der Waals surface area contributed by atoms with E-state index in [1.54, 1.807) is 0 Å². The zero-order chi connectivity index (χ0) is 20.6. The van der Waals surface area contributed by atoms with Crippen LogP contribution in [0, 0.1) is 11.3 Å². The minimum atomic E-state index is -0.906. The van der Waals surface area contributed by atoms with Crippen LogP contribution < -0.4 is 0 Å². The van der Waals surface area contributed by atoms with Gasteiger partial charge in [-0.05, 0) is 0 Å². The van der Waals surface area contributed by atoms with Crippen LogP contribution in [0.2, 0.25) is 0 Å². The molecule has 150 valence electrons. The van der Waals surface area contributed by atoms with Gasteiger partial charge in [0, 0.05) is 38.7 Å². The Kier molecular flexibility index (Phi) is 11.0. The van der Waals surface area contributed by atoms with E-state index in [0.717, 1.165) is 47.0 Å². The SMILES string of the molecule is CC(=O)SC[C@H]1O[C@H](OCC#N)[C@@H](SC(C)=O)[C@H](SC(C)=O)[C@H]1SC(C)=O. The minimum Gasteiger partial charge on any atom is -0.346 e. The zero-order valence-electron chi connectivity index (χ0n) is 15.3. The van der Waals surface area contributed by atoms with Crippen molar-refractivity contribution in [1.82, 2.24) is 0 Å². The summed E-state index contributed by atoms with van der Waals surface area (Å²) in [6, 6.07) is 1.86. The van der Waals surface area contributed by atoms with Crippen LogP contribution in [0.1, 0.15) is 27.7 Å². The van der Waals surface area contributed by atoms with Crippen LogP contribution in [0.25, 0.3) is 0 Å². The highest BCUT2D eigenvalue weighted by Crippen LogP contribution is 2.43. The average Bonchev–Trinajstić information content (AvgIpc) is 2.54. The number of carbonyl (C=O) groups excluding carboxylic acids is 4. The van der Waals surface area contributed by atoms with Gasteiger partial charge in [-0.2, -0.15) is 5.26 Å². The maximum Gasteiger partial charge on any atom is 0.186 e. The van der Waals surface area contributed by atoms with Gasteiger partial charge < -0.3 is 9.47 Å². The Hall–Kier alpha value is -0.510. The number of ether oxygens (including phenoxy) is 2. The molecule has 7 nitrogen and oxygen atoms in total. The highest BCUT2D eigenvalue weighted by molar-refractivity contribution is 8.19. The molecule has 0 aliphatic carbocycles. The molecule has 0 amide bonds. The van der Waals surface area contributed by atoms with Crippen molar-refractivity contribution < 1.29 is 28.7 Å². The van der Waals surface area contributed by atoms with Crippen LogP contribution in [0.4, 0.5) is 0 Å². The minimum absolute atomic E-state index is 0.101. The second kappa shape index (κ2) is 12.1. The lowest BCUT2D eigenvalue weighted by Gasteiger charge is -2.44. The summed E-state index contributed by atoms with van der Waals surface area (Å²) in [7, 11) is 0. The lowest BCUT2D eigenvalue weighted by molar-refractivity contribution is -0.173. The zero-order valence-corrected chi connectivity index (χ0v) is 18.6. The summed E-state index contributed by atoms with van der Waals surface area (Å²) in [4.78, 5) is 46.8. The Balaban J connectivity index is 3.25. The van der Waals surface area contributed by atoms with Gasteiger partial charge in [0.15, 0.2) is 26.8 Å². The summed E-state index contributed by atoms with van der Waals surface area (Å²) in [5.41, 5.74) is 0. The van der Waals surface area contributed by atoms with Crippen LogP contribution in [0.15, 0.2) is 0 Å². The van der Waals surface area contributed by atoms with Crippen LogP contribution >= 0.6 is 47.0 Å². The van der Waals surface area contributed by atoms with Gasteiger partial charge in [0.25, 0.3) is 0 Å². The topological polar surface area (TPSA) is 111 Å². The maximum absolute atomic E-state index is 11.8. The molecule has 1 heterocycles. The number of carbonyl (C=O) groups is 4. The molecule has 0 N–H and O–H groups in total. The van der Waals surface area contributed by atoms with E-state index in [1.165, 1.54) is 27.7 Å². The molecule has 1 saturated heterocycles. The number of nitrogens with zero attached hydrogens (tertiary/aromatic N) is 1. The normalized spacial score (nSPS) is 27.6. The standard InChI is InChI=1S/C16H21NO6S4/c1-8(18)24-7-12-13(25-9(2)19)14(26-10(3)20)15(27-11(4)21)16(23-12)22-6-5-17/h12-16H,6-7H2,1-4H3/t12-,13+,14-,15+,16+/m1/s1. The molecule has 0 radical (unpaired) electrons. The molecule has 0 saturated carbocycles. The number of hydrogen-bond donors (Lipinski definition) is 0. The fourth-order valence-electron chi connectivity index (χ4n) is 2.44. The summed E-state index contributed by atoms with van der Waals surface area (Å²) >= 11 is 4.09. The summed E-state index contributed by atoms with van der Waals surface area (Å²) in [6.45, 7) is 5.41. The first kappa shape index (κ1) is 24.5. The first-order valence-electron chi connectivity index (χ1n) is 7.94. The highest BCUT2D eigenvalue weighted by Gasteiger charge is 2.49. The molecule has 0 aromatic carbocycles. The van der Waals surface area contributed by atoms with E-state index in [0.29, 0.717) is 0 Å². The average molecular weight is 452 g/mol. The number of rotatable bonds is 7. The predicted octanol–water partition coefficient (Wildman–Crippen LogP) is 2.48. The van der Waals surface area contributed by atoms with Gasteiger partial charge in [-0.25, -0.2) is 0 Å². The molecule has 5 atom stereocenters. The molecule has 11 heteroatoms. The molecule has 0 spiro atoms. The third-order valence-electron chi connectivity index (χ3n) is 3.26. The Morgan fingerprint density at radius 2 is 1.41 bits per heavy atom. The summed E-state index contributed by atoms with van der Waals surface area (Å²) in [6.07, 6.45) is -1.46. The van der Waals surface area contributed by atoms with Crippen LogP contribution in [0.3, 0.4) is 0 Å². The van der Waals surface area contributed by atoms with Gasteiger partial charge in [-0.15, -0.1) is 0 Å². The van der Waals surface area contributed by atoms with Gasteiger partial charge in [0.1, 0.15) is 6.61 Å². The molecule has 0 unspecified atom stereocenters. The van der Waals surface area contributed by atoms with E-state index in [9.17, 15) is 19.2 Å². The van der Waals surface area contributed by atoms with Crippen LogP contribution in [-0.4, -0.2) is 61.0 Å². The van der Waals surface area contributed by atoms with E-state index in [-0.39, 0.29) is 32.8 Å². The van der Waals surface area contributed by atoms with Crippen LogP contribution in [-0.2, 0) is 28.7 Å². The van der Waals surface area contributed by atoms with Crippen molar-refractivity contribution in [2.45, 2.75) is 55.8 Å². The van der Waals surface area contributed by atoms with E-state index < -0.39 is 28.1 Å². The van der Waals surface area contributed by atoms with E-state index in [1.807, 2.05) is 6.07 Å². The monoisotopic (exact) mass is 451 g/mol. The van der Waals surface area contributed by atoms with Gasteiger partial charge in [0.2, 0.25) is 0 Å². The predicted molar refractivity (Wildman–Crippen MR) is 110 cm³/mol. The quantitative estimate of drug-likeness (QED) is 0.569. The van der Waals surface area contributed by atoms with Gasteiger partial charge in [0.05, 0.1) is 22.7 Å². The largest absolute Gasteiger partial charge is 0.346 e. The van der Waals surface area contributed by atoms with E-state index in [4.69, 9.17) is 14.7 Å². The number of nitriles is 1. The van der Waals surface area contributed by atoms with Crippen LogP contribution in [0.5, 0.6) is 0 Å². The lowest BCUT2D eigenvalue weighted by Crippen LogP contribution is -2.56. The Labute approximate surface area is 175 Å². The van der Waals surface area contributed by atoms with Crippen molar-refractivity contribution in [3.63, 3.8) is 0 Å². The number of hydrogen-bond acceptors (Lipinski definition) is 11. The molecular weight excluding hydrogens is 430 g/mol. The number of thioether (sulfide) groups is 4. The van der Waals surface area contributed by atoms with Gasteiger partial charge >= 0.3 is 0 Å². The van der Waals surface area contributed by atoms with Crippen molar-refractivity contribution in [3.8, 4) is 6.07 Å². The second-order valence-electron chi connectivity index (χ2n) is 5.54. The molecule has 1 rings (SSSR count). The van der Waals surface area contributed by atoms with Crippen molar-refractivity contribution in [1.29, 1.82) is 5.26 Å². The fourth-order valence-corrected chi connectivity index (χ4v) is 6.91. The third-order valence-corrected chi connectivity index (χ3v) is 8.02. The first-order chi connectivity index (χ1) is 12.6. The van der Waals surface area contributed by atoms with Crippen molar-refractivity contribution in [2.24, 2.45) is 0 Å². The second-order valence-corrected chi connectivity index (χ2v) is 10.8. The third kappa shape index (κ3) is 8.58. The Morgan fingerprint density at radius 1 is 0.889 bits per heavy atom. The summed E-state index contributed by atoms with van der Waals surface area (Å²) in [5.74, 6) is 0.277. The first-order valence-corrected chi connectivity index (χ1v) is 11.6. The van der Waals surface area contributed by atoms with Gasteiger partial charge in [-0.1, -0.05) is 47.0 Å². The maximum atomic E-state index is 11.8. The van der Waals surface area contributed by atoms with Crippen molar-refractivity contribution in [2.75, 3.05) is 12.4 Å². The fraction of sp³-hybridized carbons (Fsp3) is 0.688. The molecule has 1 fully saturated rings. The Morgan fingerprint density at radius 3 is 1.89 bits per heavy atom. The highest BCUT2D eigenvalue weighted by atomic mass is 32.2. The smallest absolute Gasteiger partial charge is 0.186 e. The van der Waals surface area contributed by atoms with Crippen molar-refractivity contribution >= 4 is 67.5 Å². The summed E-state index contributed by atoms with van der Waals surface area (Å²) in [5, 5.41) is 6.75. The van der Waals surface area contributed by atoms with Gasteiger partial charge in [-0.3, -0.25) is 19.2 Å². The lowest BCUT2D eigenvalue weighted by atomic mass is 10.1. The molecule has 0 bridgehead atoms. The molecule has 1 aliphatic rings. The molecule has 27 heavy (non-hydrogen) atoms. The molecule has 1 aliphatic heterocycles. The molecule has 0 aromatic heterocycles. The molecule has 0 aromatic rings. The van der Waals surface area contributed by atoms with Crippen molar-refractivity contribution in [3.05, 3.63) is 0 Å². The Bertz CT molecular complexity index is 623. The summed E-state index contributed by atoms with van der Waals surface area (Å²) < 4.78 is 11.4. The van der Waals surface area contributed by atoms with E-state index >= 15 is 0 Å².